The van der Waals surface area contributed by atoms with Gasteiger partial charge in [0.2, 0.25) is 0 Å². The number of hydrogen-bond acceptors (Lipinski definition) is 2. The van der Waals surface area contributed by atoms with E-state index >= 15 is 0 Å². The van der Waals surface area contributed by atoms with Gasteiger partial charge in [0.05, 0.1) is 0 Å². The first-order valence-electron chi connectivity index (χ1n) is 4.60. The van der Waals surface area contributed by atoms with Crippen LogP contribution in [-0.4, -0.2) is 32.9 Å². The number of nitrogens with one attached hydrogen (secondary N) is 1. The molecule has 5 heteroatoms. The van der Waals surface area contributed by atoms with Crippen LogP contribution in [0.4, 0.5) is 0 Å². The van der Waals surface area contributed by atoms with Crippen LogP contribution < -0.4 is 4.72 Å². The first-order chi connectivity index (χ1) is 6.43. The van der Waals surface area contributed by atoms with Crippen LogP contribution in [-0.2, 0) is 10.2 Å². The molecule has 0 unspecified atom stereocenters. The highest BCUT2D eigenvalue weighted by atomic mass is 32.2. The zero-order chi connectivity index (χ0) is 10.8. The first kappa shape index (κ1) is 11.5. The van der Waals surface area contributed by atoms with E-state index in [4.69, 9.17) is 6.42 Å². The molecule has 14 heavy (non-hydrogen) atoms. The van der Waals surface area contributed by atoms with Crippen LogP contribution in [0.3, 0.4) is 0 Å². The largest absolute Gasteiger partial charge is 0.279 e. The highest BCUT2D eigenvalue weighted by Gasteiger charge is 2.32. The SMILES string of the molecule is C#CC1(C)CCN(S(=O)(=O)NC)CC1. The summed E-state index contributed by atoms with van der Waals surface area (Å²) in [4.78, 5) is 0. The third-order valence-electron chi connectivity index (χ3n) is 2.77. The Balaban J connectivity index is 2.66. The first-order valence-corrected chi connectivity index (χ1v) is 6.04. The van der Waals surface area contributed by atoms with E-state index in [-0.39, 0.29) is 5.41 Å². The van der Waals surface area contributed by atoms with Crippen LogP contribution in [0.2, 0.25) is 0 Å². The van der Waals surface area contributed by atoms with Gasteiger partial charge in [0, 0.05) is 25.6 Å². The van der Waals surface area contributed by atoms with E-state index in [0.717, 1.165) is 12.8 Å². The smallest absolute Gasteiger partial charge is 0.205 e. The lowest BCUT2D eigenvalue weighted by molar-refractivity contribution is 0.233. The molecule has 1 N–H and O–H groups in total. The Kier molecular flexibility index (Phi) is 3.20. The Labute approximate surface area is 85.9 Å². The van der Waals surface area contributed by atoms with Crippen molar-refractivity contribution >= 4 is 10.2 Å². The molecule has 0 atom stereocenters. The van der Waals surface area contributed by atoms with Crippen LogP contribution >= 0.6 is 0 Å². The van der Waals surface area contributed by atoms with E-state index in [2.05, 4.69) is 10.6 Å². The van der Waals surface area contributed by atoms with E-state index < -0.39 is 10.2 Å². The maximum absolute atomic E-state index is 11.4. The number of hydrogen-bond donors (Lipinski definition) is 1. The average Bonchev–Trinajstić information content (AvgIpc) is 2.19. The van der Waals surface area contributed by atoms with Crippen LogP contribution in [0, 0.1) is 17.8 Å². The molecule has 4 nitrogen and oxygen atoms in total. The van der Waals surface area contributed by atoms with Crippen LogP contribution in [0.1, 0.15) is 19.8 Å². The molecule has 1 saturated heterocycles. The monoisotopic (exact) mass is 216 g/mol. The lowest BCUT2D eigenvalue weighted by Crippen LogP contribution is -2.45. The van der Waals surface area contributed by atoms with Crippen molar-refractivity contribution in [2.24, 2.45) is 5.41 Å². The summed E-state index contributed by atoms with van der Waals surface area (Å²) in [7, 11) is -1.84. The zero-order valence-electron chi connectivity index (χ0n) is 8.58. The van der Waals surface area contributed by atoms with Crippen molar-refractivity contribution in [1.29, 1.82) is 0 Å². The molecule has 0 spiro atoms. The molecule has 0 radical (unpaired) electrons. The summed E-state index contributed by atoms with van der Waals surface area (Å²) in [5, 5.41) is 0. The van der Waals surface area contributed by atoms with Gasteiger partial charge in [-0.15, -0.1) is 12.3 Å². The fraction of sp³-hybridized carbons (Fsp3) is 0.778. The number of nitrogens with zero attached hydrogens (tertiary/aromatic N) is 1. The highest BCUT2D eigenvalue weighted by Crippen LogP contribution is 2.30. The molecule has 1 fully saturated rings. The van der Waals surface area contributed by atoms with E-state index in [9.17, 15) is 8.42 Å². The van der Waals surface area contributed by atoms with E-state index in [0.29, 0.717) is 13.1 Å². The molecule has 1 aliphatic rings. The molecular weight excluding hydrogens is 200 g/mol. The minimum atomic E-state index is -3.26. The zero-order valence-corrected chi connectivity index (χ0v) is 9.39. The normalized spacial score (nSPS) is 22.9. The molecule has 0 amide bonds. The van der Waals surface area contributed by atoms with Crippen molar-refractivity contribution in [3.8, 4) is 12.3 Å². The molecule has 1 aliphatic heterocycles. The van der Waals surface area contributed by atoms with Crippen molar-refractivity contribution in [1.82, 2.24) is 9.03 Å². The van der Waals surface area contributed by atoms with Gasteiger partial charge in [0.15, 0.2) is 0 Å². The molecular formula is C9H16N2O2S. The van der Waals surface area contributed by atoms with E-state index in [1.807, 2.05) is 6.92 Å². The Morgan fingerprint density at radius 2 is 1.93 bits per heavy atom. The van der Waals surface area contributed by atoms with Gasteiger partial charge in [0.1, 0.15) is 0 Å². The Morgan fingerprint density at radius 1 is 1.43 bits per heavy atom. The Hall–Kier alpha value is -0.570. The van der Waals surface area contributed by atoms with E-state index in [1.54, 1.807) is 0 Å². The summed E-state index contributed by atoms with van der Waals surface area (Å²) in [6.45, 7) is 3.00. The molecule has 0 aromatic heterocycles. The second-order valence-electron chi connectivity index (χ2n) is 3.81. The summed E-state index contributed by atoms with van der Waals surface area (Å²) in [6, 6.07) is 0. The maximum atomic E-state index is 11.4. The van der Waals surface area contributed by atoms with Gasteiger partial charge in [-0.1, -0.05) is 0 Å². The highest BCUT2D eigenvalue weighted by molar-refractivity contribution is 7.87. The summed E-state index contributed by atoms with van der Waals surface area (Å²) in [5.74, 6) is 2.73. The standard InChI is InChI=1S/C9H16N2O2S/c1-4-9(2)5-7-11(8-6-9)14(12,13)10-3/h1,10H,5-8H2,2-3H3. The summed E-state index contributed by atoms with van der Waals surface area (Å²) in [6.07, 6.45) is 6.84. The van der Waals surface area contributed by atoms with Gasteiger partial charge in [-0.25, -0.2) is 4.72 Å². The molecule has 0 aliphatic carbocycles. The second-order valence-corrected chi connectivity index (χ2v) is 5.69. The fourth-order valence-corrected chi connectivity index (χ4v) is 2.42. The summed E-state index contributed by atoms with van der Waals surface area (Å²) >= 11 is 0. The summed E-state index contributed by atoms with van der Waals surface area (Å²) in [5.41, 5.74) is -0.139. The van der Waals surface area contributed by atoms with Gasteiger partial charge >= 0.3 is 0 Å². The Bertz CT molecular complexity index is 334. The van der Waals surface area contributed by atoms with Crippen molar-refractivity contribution in [2.75, 3.05) is 20.1 Å². The fourth-order valence-electron chi connectivity index (χ4n) is 1.49. The quantitative estimate of drug-likeness (QED) is 0.670. The van der Waals surface area contributed by atoms with Gasteiger partial charge in [-0.2, -0.15) is 12.7 Å². The molecule has 0 saturated carbocycles. The second kappa shape index (κ2) is 3.89. The molecule has 0 aromatic carbocycles. The molecule has 0 aromatic rings. The predicted octanol–water partition coefficient (Wildman–Crippen LogP) is 0.186. The summed E-state index contributed by atoms with van der Waals surface area (Å²) < 4.78 is 26.6. The van der Waals surface area contributed by atoms with Crippen molar-refractivity contribution in [3.05, 3.63) is 0 Å². The molecule has 80 valence electrons. The Morgan fingerprint density at radius 3 is 2.29 bits per heavy atom. The molecule has 0 bridgehead atoms. The molecule has 1 rings (SSSR count). The number of terminal acetylenes is 1. The minimum absolute atomic E-state index is 0.139. The van der Waals surface area contributed by atoms with Gasteiger partial charge < -0.3 is 0 Å². The van der Waals surface area contributed by atoms with Crippen LogP contribution in [0.25, 0.3) is 0 Å². The third kappa shape index (κ3) is 2.27. The third-order valence-corrected chi connectivity index (χ3v) is 4.33. The minimum Gasteiger partial charge on any atom is -0.205 e. The average molecular weight is 216 g/mol. The van der Waals surface area contributed by atoms with Crippen molar-refractivity contribution in [3.63, 3.8) is 0 Å². The van der Waals surface area contributed by atoms with E-state index in [1.165, 1.54) is 11.4 Å². The topological polar surface area (TPSA) is 49.4 Å². The molecule has 1 heterocycles. The van der Waals surface area contributed by atoms with Gasteiger partial charge in [-0.3, -0.25) is 0 Å². The van der Waals surface area contributed by atoms with Crippen LogP contribution in [0.5, 0.6) is 0 Å². The number of rotatable bonds is 2. The predicted molar refractivity (Wildman–Crippen MR) is 55.7 cm³/mol. The van der Waals surface area contributed by atoms with Gasteiger partial charge in [-0.05, 0) is 19.8 Å². The van der Waals surface area contributed by atoms with Gasteiger partial charge in [0.25, 0.3) is 10.2 Å². The lowest BCUT2D eigenvalue weighted by atomic mass is 9.82. The van der Waals surface area contributed by atoms with Crippen molar-refractivity contribution < 1.29 is 8.42 Å². The lowest BCUT2D eigenvalue weighted by Gasteiger charge is -2.34. The van der Waals surface area contributed by atoms with Crippen molar-refractivity contribution in [2.45, 2.75) is 19.8 Å². The van der Waals surface area contributed by atoms with Crippen LogP contribution in [0.15, 0.2) is 0 Å². The number of piperidine rings is 1. The maximum Gasteiger partial charge on any atom is 0.279 e.